The molecule has 0 aromatic rings. The Morgan fingerprint density at radius 3 is 2.17 bits per heavy atom. The fourth-order valence-corrected chi connectivity index (χ4v) is 2.38. The Morgan fingerprint density at radius 1 is 1.00 bits per heavy atom. The molecule has 6 heteroatoms. The summed E-state index contributed by atoms with van der Waals surface area (Å²) in [6.45, 7) is 16.8. The van der Waals surface area contributed by atoms with Gasteiger partial charge in [-0.05, 0) is 41.0 Å². The Kier molecular flexibility index (Phi) is 12.4. The number of hydrogen-bond acceptors (Lipinski definition) is 3. The molecule has 0 aliphatic heterocycles. The van der Waals surface area contributed by atoms with Gasteiger partial charge in [0.05, 0.1) is 6.54 Å². The number of aliphatic imine (C=N–C) groups is 1. The predicted molar refractivity (Wildman–Crippen MR) is 98.9 cm³/mol. The van der Waals surface area contributed by atoms with Gasteiger partial charge in [0.15, 0.2) is 5.96 Å². The standard InChI is InChI=1S/C17H37N5O/c1-7-10-19-16(23)9-11-20-17(18-8-2)21-12-13-22(14(3)4)15(5)6/h14-15H,7-13H2,1-6H3,(H,19,23)(H2,18,20,21). The highest BCUT2D eigenvalue weighted by molar-refractivity contribution is 5.81. The molecule has 0 aromatic heterocycles. The van der Waals surface area contributed by atoms with Crippen molar-refractivity contribution >= 4 is 11.9 Å². The Balaban J connectivity index is 4.24. The van der Waals surface area contributed by atoms with Crippen LogP contribution in [0.3, 0.4) is 0 Å². The quantitative estimate of drug-likeness (QED) is 0.398. The van der Waals surface area contributed by atoms with Crippen LogP contribution < -0.4 is 16.0 Å². The van der Waals surface area contributed by atoms with Crippen molar-refractivity contribution in [2.24, 2.45) is 4.99 Å². The van der Waals surface area contributed by atoms with Crippen LogP contribution in [0.15, 0.2) is 4.99 Å². The van der Waals surface area contributed by atoms with Gasteiger partial charge in [-0.1, -0.05) is 6.92 Å². The number of hydrogen-bond donors (Lipinski definition) is 3. The van der Waals surface area contributed by atoms with E-state index in [1.165, 1.54) is 0 Å². The van der Waals surface area contributed by atoms with E-state index in [1.807, 2.05) is 13.8 Å². The van der Waals surface area contributed by atoms with E-state index in [2.05, 4.69) is 53.5 Å². The zero-order valence-corrected chi connectivity index (χ0v) is 15.9. The van der Waals surface area contributed by atoms with Crippen LogP contribution >= 0.6 is 0 Å². The molecule has 0 fully saturated rings. The van der Waals surface area contributed by atoms with Crippen LogP contribution in [0.25, 0.3) is 0 Å². The first-order valence-electron chi connectivity index (χ1n) is 8.96. The highest BCUT2D eigenvalue weighted by Gasteiger charge is 2.12. The van der Waals surface area contributed by atoms with Crippen molar-refractivity contribution in [3.63, 3.8) is 0 Å². The second kappa shape index (κ2) is 13.2. The average Bonchev–Trinajstić information content (AvgIpc) is 2.48. The minimum absolute atomic E-state index is 0.0842. The molecule has 136 valence electrons. The van der Waals surface area contributed by atoms with Crippen molar-refractivity contribution in [3.8, 4) is 0 Å². The number of carbonyl (C=O) groups excluding carboxylic acids is 1. The maximum absolute atomic E-state index is 11.6. The number of guanidine groups is 1. The van der Waals surface area contributed by atoms with Crippen molar-refractivity contribution in [2.45, 2.75) is 66.5 Å². The molecule has 0 saturated carbocycles. The fraction of sp³-hybridized carbons (Fsp3) is 0.882. The summed E-state index contributed by atoms with van der Waals surface area (Å²) in [5.41, 5.74) is 0. The number of carbonyl (C=O) groups is 1. The molecule has 23 heavy (non-hydrogen) atoms. The number of nitrogens with zero attached hydrogens (tertiary/aromatic N) is 2. The van der Waals surface area contributed by atoms with Crippen molar-refractivity contribution in [3.05, 3.63) is 0 Å². The Bertz CT molecular complexity index is 334. The highest BCUT2D eigenvalue weighted by atomic mass is 16.1. The van der Waals surface area contributed by atoms with Crippen LogP contribution in [0, 0.1) is 0 Å². The van der Waals surface area contributed by atoms with Crippen molar-refractivity contribution in [2.75, 3.05) is 32.7 Å². The number of amides is 1. The van der Waals surface area contributed by atoms with E-state index in [-0.39, 0.29) is 5.91 Å². The SMILES string of the molecule is CCCNC(=O)CCNC(=NCCN(C(C)C)C(C)C)NCC. The summed E-state index contributed by atoms with van der Waals surface area (Å²) in [6.07, 6.45) is 1.43. The highest BCUT2D eigenvalue weighted by Crippen LogP contribution is 2.03. The van der Waals surface area contributed by atoms with Gasteiger partial charge in [0.25, 0.3) is 0 Å². The lowest BCUT2D eigenvalue weighted by atomic mass is 10.2. The van der Waals surface area contributed by atoms with Crippen LogP contribution in [-0.4, -0.2) is 61.6 Å². The maximum atomic E-state index is 11.6. The summed E-state index contributed by atoms with van der Waals surface area (Å²) in [4.78, 5) is 18.6. The minimum Gasteiger partial charge on any atom is -0.357 e. The molecular weight excluding hydrogens is 290 g/mol. The first kappa shape index (κ1) is 21.7. The first-order chi connectivity index (χ1) is 10.9. The fourth-order valence-electron chi connectivity index (χ4n) is 2.38. The number of nitrogens with one attached hydrogen (secondary N) is 3. The van der Waals surface area contributed by atoms with Gasteiger partial charge in [-0.3, -0.25) is 14.7 Å². The van der Waals surface area contributed by atoms with Crippen LogP contribution in [-0.2, 0) is 4.79 Å². The molecule has 0 aliphatic carbocycles. The van der Waals surface area contributed by atoms with Crippen molar-refractivity contribution in [1.82, 2.24) is 20.9 Å². The predicted octanol–water partition coefficient (Wildman–Crippen LogP) is 1.58. The van der Waals surface area contributed by atoms with Gasteiger partial charge < -0.3 is 16.0 Å². The zero-order chi connectivity index (χ0) is 17.7. The molecule has 3 N–H and O–H groups in total. The third-order valence-corrected chi connectivity index (χ3v) is 3.52. The van der Waals surface area contributed by atoms with Gasteiger partial charge >= 0.3 is 0 Å². The van der Waals surface area contributed by atoms with E-state index < -0.39 is 0 Å². The maximum Gasteiger partial charge on any atom is 0.221 e. The molecule has 0 spiro atoms. The van der Waals surface area contributed by atoms with Gasteiger partial charge in [0, 0.05) is 44.7 Å². The van der Waals surface area contributed by atoms with Gasteiger partial charge in [0.2, 0.25) is 5.91 Å². The summed E-state index contributed by atoms with van der Waals surface area (Å²) in [7, 11) is 0. The van der Waals surface area contributed by atoms with Crippen LogP contribution in [0.5, 0.6) is 0 Å². The van der Waals surface area contributed by atoms with E-state index in [4.69, 9.17) is 0 Å². The zero-order valence-electron chi connectivity index (χ0n) is 15.9. The molecule has 0 unspecified atom stereocenters. The molecule has 1 amide bonds. The van der Waals surface area contributed by atoms with Crippen LogP contribution in [0.4, 0.5) is 0 Å². The smallest absolute Gasteiger partial charge is 0.221 e. The second-order valence-corrected chi connectivity index (χ2v) is 6.21. The Labute approximate surface area is 142 Å². The lowest BCUT2D eigenvalue weighted by Gasteiger charge is -2.29. The summed E-state index contributed by atoms with van der Waals surface area (Å²) < 4.78 is 0. The first-order valence-corrected chi connectivity index (χ1v) is 8.96. The van der Waals surface area contributed by atoms with Gasteiger partial charge in [-0.15, -0.1) is 0 Å². The van der Waals surface area contributed by atoms with E-state index >= 15 is 0 Å². The van der Waals surface area contributed by atoms with Gasteiger partial charge in [-0.25, -0.2) is 0 Å². The third-order valence-electron chi connectivity index (χ3n) is 3.52. The molecular formula is C17H37N5O. The van der Waals surface area contributed by atoms with E-state index in [0.29, 0.717) is 25.0 Å². The lowest BCUT2D eigenvalue weighted by Crippen LogP contribution is -2.41. The molecule has 6 nitrogen and oxygen atoms in total. The average molecular weight is 328 g/mol. The van der Waals surface area contributed by atoms with Crippen molar-refractivity contribution < 1.29 is 4.79 Å². The summed E-state index contributed by atoms with van der Waals surface area (Å²) in [6, 6.07) is 1.03. The van der Waals surface area contributed by atoms with E-state index in [1.54, 1.807) is 0 Å². The van der Waals surface area contributed by atoms with E-state index in [0.717, 1.165) is 38.6 Å². The Hall–Kier alpha value is -1.30. The Morgan fingerprint density at radius 2 is 1.65 bits per heavy atom. The van der Waals surface area contributed by atoms with Gasteiger partial charge in [0.1, 0.15) is 0 Å². The molecule has 0 aromatic carbocycles. The summed E-state index contributed by atoms with van der Waals surface area (Å²) >= 11 is 0. The monoisotopic (exact) mass is 327 g/mol. The van der Waals surface area contributed by atoms with Crippen LogP contribution in [0.1, 0.15) is 54.4 Å². The normalized spacial score (nSPS) is 12.1. The molecule has 0 atom stereocenters. The molecule has 0 bridgehead atoms. The minimum atomic E-state index is 0.0842. The molecule has 0 radical (unpaired) electrons. The lowest BCUT2D eigenvalue weighted by molar-refractivity contribution is -0.120. The number of rotatable bonds is 11. The topological polar surface area (TPSA) is 68.8 Å². The molecule has 0 aliphatic rings. The molecule has 0 heterocycles. The summed E-state index contributed by atoms with van der Waals surface area (Å²) in [5.74, 6) is 0.865. The molecule has 0 rings (SSSR count). The molecule has 0 saturated heterocycles. The van der Waals surface area contributed by atoms with E-state index in [9.17, 15) is 4.79 Å². The van der Waals surface area contributed by atoms with Gasteiger partial charge in [-0.2, -0.15) is 0 Å². The third kappa shape index (κ3) is 11.0. The second-order valence-electron chi connectivity index (χ2n) is 6.21. The van der Waals surface area contributed by atoms with Crippen LogP contribution in [0.2, 0.25) is 0 Å². The van der Waals surface area contributed by atoms with Crippen molar-refractivity contribution in [1.29, 1.82) is 0 Å². The largest absolute Gasteiger partial charge is 0.357 e. The summed E-state index contributed by atoms with van der Waals surface area (Å²) in [5, 5.41) is 9.32.